The molecule has 5 amide bonds. The van der Waals surface area contributed by atoms with Gasteiger partial charge in [-0.2, -0.15) is 4.98 Å². The standard InChI is InChI=1S/C41H43ClN10O7/c1-43-35(54)21-59-33-14-23-13-24(3-6-31(23)48(2)40(33)58)45-36-30(42)17-44-41(47-36)51-20-26-15-27(51)19-50(26)18-22-9-11-49(12-10-22)25-4-5-28-29(16-25)39(57)52(38(28)56)32-7-8-34(53)46-37(32)55/h3-6,13-14,16-17,22,26-27,32H,7-12,15,18-21H2,1-2H3,(H,43,54)(H,44,45,47)(H,46,53,55). The van der Waals surface area contributed by atoms with Crippen LogP contribution in [0.3, 0.4) is 0 Å². The minimum atomic E-state index is -0.984. The molecule has 17 nitrogen and oxygen atoms in total. The third-order valence-electron chi connectivity index (χ3n) is 12.3. The highest BCUT2D eigenvalue weighted by Crippen LogP contribution is 2.37. The van der Waals surface area contributed by atoms with E-state index in [1.807, 2.05) is 24.3 Å². The summed E-state index contributed by atoms with van der Waals surface area (Å²) in [5.41, 5.74) is 2.53. The van der Waals surface area contributed by atoms with E-state index in [0.29, 0.717) is 45.5 Å². The van der Waals surface area contributed by atoms with Crippen molar-refractivity contribution in [3.05, 3.63) is 75.2 Å². The Kier molecular flexibility index (Phi) is 9.95. The van der Waals surface area contributed by atoms with Crippen molar-refractivity contribution in [1.29, 1.82) is 0 Å². The van der Waals surface area contributed by atoms with Gasteiger partial charge in [0.15, 0.2) is 18.2 Å². The lowest BCUT2D eigenvalue weighted by Crippen LogP contribution is -2.54. The van der Waals surface area contributed by atoms with Gasteiger partial charge in [0.2, 0.25) is 17.8 Å². The van der Waals surface area contributed by atoms with E-state index in [9.17, 15) is 28.8 Å². The highest BCUT2D eigenvalue weighted by atomic mass is 35.5. The van der Waals surface area contributed by atoms with Gasteiger partial charge in [-0.3, -0.25) is 43.9 Å². The normalized spacial score (nSPS) is 22.0. The molecule has 5 aliphatic rings. The van der Waals surface area contributed by atoms with Gasteiger partial charge in [0.25, 0.3) is 23.3 Å². The molecule has 0 radical (unpaired) electrons. The molecule has 3 unspecified atom stereocenters. The van der Waals surface area contributed by atoms with Crippen molar-refractivity contribution in [2.45, 2.75) is 50.2 Å². The molecule has 306 valence electrons. The molecule has 4 fully saturated rings. The lowest BCUT2D eigenvalue weighted by molar-refractivity contribution is -0.136. The molecule has 9 rings (SSSR count). The first kappa shape index (κ1) is 38.4. The van der Waals surface area contributed by atoms with Crippen molar-refractivity contribution >= 4 is 75.2 Å². The van der Waals surface area contributed by atoms with Gasteiger partial charge in [-0.05, 0) is 74.1 Å². The summed E-state index contributed by atoms with van der Waals surface area (Å²) < 4.78 is 6.99. The molecule has 2 aromatic heterocycles. The Morgan fingerprint density at radius 3 is 2.51 bits per heavy atom. The van der Waals surface area contributed by atoms with Crippen molar-refractivity contribution in [1.82, 2.24) is 35.0 Å². The number of pyridine rings is 1. The van der Waals surface area contributed by atoms with Crippen molar-refractivity contribution in [2.24, 2.45) is 13.0 Å². The van der Waals surface area contributed by atoms with Crippen LogP contribution in [0.4, 0.5) is 23.1 Å². The number of likely N-dealkylation sites (N-methyl/N-ethyl adjacent to an activating group) is 1. The first-order valence-electron chi connectivity index (χ1n) is 19.8. The lowest BCUT2D eigenvalue weighted by Gasteiger charge is -2.39. The Bertz CT molecular complexity index is 2490. The van der Waals surface area contributed by atoms with Crippen molar-refractivity contribution in [2.75, 3.05) is 61.5 Å². The molecule has 0 aliphatic carbocycles. The van der Waals surface area contributed by atoms with Crippen LogP contribution in [-0.4, -0.2) is 118 Å². The molecule has 0 saturated carbocycles. The van der Waals surface area contributed by atoms with Gasteiger partial charge >= 0.3 is 0 Å². The number of amides is 5. The zero-order chi connectivity index (χ0) is 41.1. The highest BCUT2D eigenvalue weighted by Gasteiger charge is 2.46. The molecule has 2 bridgehead atoms. The molecule has 5 aliphatic heterocycles. The highest BCUT2D eigenvalue weighted by molar-refractivity contribution is 6.33. The van der Waals surface area contributed by atoms with E-state index < -0.39 is 29.7 Å². The number of carbonyl (C=O) groups is 5. The number of rotatable bonds is 10. The van der Waals surface area contributed by atoms with E-state index in [1.54, 1.807) is 31.4 Å². The smallest absolute Gasteiger partial charge is 0.293 e. The fraction of sp³-hybridized carbons (Fsp3) is 0.415. The largest absolute Gasteiger partial charge is 0.478 e. The fourth-order valence-electron chi connectivity index (χ4n) is 9.15. The number of nitrogens with zero attached hydrogens (tertiary/aromatic N) is 7. The number of hydrogen-bond acceptors (Lipinski definition) is 13. The Labute approximate surface area is 343 Å². The average molecular weight is 823 g/mol. The van der Waals surface area contributed by atoms with Gasteiger partial charge in [0.05, 0.1) is 22.8 Å². The van der Waals surface area contributed by atoms with Crippen LogP contribution in [0.5, 0.6) is 5.75 Å². The number of ether oxygens (including phenoxy) is 1. The average Bonchev–Trinajstić information content (AvgIpc) is 3.91. The molecule has 3 atom stereocenters. The van der Waals surface area contributed by atoms with E-state index in [0.717, 1.165) is 68.0 Å². The van der Waals surface area contributed by atoms with Crippen molar-refractivity contribution in [3.8, 4) is 5.75 Å². The number of anilines is 4. The third-order valence-corrected chi connectivity index (χ3v) is 12.6. The van der Waals surface area contributed by atoms with Gasteiger partial charge < -0.3 is 29.7 Å². The number of carbonyl (C=O) groups excluding carboxylic acids is 5. The number of likely N-dealkylation sites (tertiary alicyclic amines) is 1. The van der Waals surface area contributed by atoms with Crippen LogP contribution in [0.15, 0.2) is 53.5 Å². The number of imide groups is 2. The Hall–Kier alpha value is -6.07. The maximum atomic E-state index is 13.4. The predicted molar refractivity (Wildman–Crippen MR) is 218 cm³/mol. The number of piperidine rings is 2. The summed E-state index contributed by atoms with van der Waals surface area (Å²) >= 11 is 6.59. The summed E-state index contributed by atoms with van der Waals surface area (Å²) in [5, 5.41) is 9.15. The summed E-state index contributed by atoms with van der Waals surface area (Å²) in [5.74, 6) is -0.676. The van der Waals surface area contributed by atoms with E-state index >= 15 is 0 Å². The van der Waals surface area contributed by atoms with Crippen molar-refractivity contribution in [3.63, 3.8) is 0 Å². The second kappa shape index (κ2) is 15.3. The minimum absolute atomic E-state index is 0.0721. The molecule has 18 heteroatoms. The maximum Gasteiger partial charge on any atom is 0.293 e. The number of halogens is 1. The first-order valence-corrected chi connectivity index (χ1v) is 20.2. The fourth-order valence-corrected chi connectivity index (χ4v) is 9.29. The van der Waals surface area contributed by atoms with E-state index in [4.69, 9.17) is 21.3 Å². The Balaban J connectivity index is 0.801. The minimum Gasteiger partial charge on any atom is -0.478 e. The van der Waals surface area contributed by atoms with Crippen LogP contribution in [0.1, 0.15) is 52.8 Å². The lowest BCUT2D eigenvalue weighted by atomic mass is 9.95. The maximum absolute atomic E-state index is 13.4. The van der Waals surface area contributed by atoms with Gasteiger partial charge in [-0.15, -0.1) is 0 Å². The second-order valence-electron chi connectivity index (χ2n) is 15.9. The summed E-state index contributed by atoms with van der Waals surface area (Å²) in [6, 6.07) is 12.2. The van der Waals surface area contributed by atoms with Crippen LogP contribution < -0.4 is 36.0 Å². The molecule has 4 saturated heterocycles. The third kappa shape index (κ3) is 7.11. The van der Waals surface area contributed by atoms with E-state index in [2.05, 4.69) is 35.6 Å². The summed E-state index contributed by atoms with van der Waals surface area (Å²) in [4.78, 5) is 92.8. The van der Waals surface area contributed by atoms with Gasteiger partial charge in [-0.25, -0.2) is 4.98 Å². The second-order valence-corrected chi connectivity index (χ2v) is 16.3. The first-order chi connectivity index (χ1) is 28.4. The topological polar surface area (TPSA) is 191 Å². The molecule has 3 N–H and O–H groups in total. The number of fused-ring (bicyclic) bond motifs is 4. The zero-order valence-corrected chi connectivity index (χ0v) is 33.3. The number of aromatic nitrogens is 3. The monoisotopic (exact) mass is 822 g/mol. The predicted octanol–water partition coefficient (Wildman–Crippen LogP) is 2.43. The molecule has 2 aromatic carbocycles. The van der Waals surface area contributed by atoms with Gasteiger partial charge in [0.1, 0.15) is 11.1 Å². The van der Waals surface area contributed by atoms with Crippen molar-refractivity contribution < 1.29 is 28.7 Å². The summed E-state index contributed by atoms with van der Waals surface area (Å²) in [7, 11) is 3.16. The van der Waals surface area contributed by atoms with Crippen LogP contribution in [-0.2, 0) is 21.4 Å². The quantitative estimate of drug-likeness (QED) is 0.198. The molecule has 0 spiro atoms. The molecule has 59 heavy (non-hydrogen) atoms. The number of aryl methyl sites for hydroxylation is 1. The van der Waals surface area contributed by atoms with Crippen LogP contribution >= 0.6 is 11.6 Å². The number of hydrogen-bond donors (Lipinski definition) is 3. The Morgan fingerprint density at radius 2 is 1.76 bits per heavy atom. The van der Waals surface area contributed by atoms with E-state index in [-0.39, 0.29) is 48.3 Å². The van der Waals surface area contributed by atoms with Gasteiger partial charge in [0, 0.05) is 82.1 Å². The van der Waals surface area contributed by atoms with E-state index in [1.165, 1.54) is 11.6 Å². The summed E-state index contributed by atoms with van der Waals surface area (Å²) in [6.45, 7) is 4.11. The van der Waals surface area contributed by atoms with Crippen LogP contribution in [0.25, 0.3) is 10.9 Å². The number of nitrogens with one attached hydrogen (secondary N) is 3. The zero-order valence-electron chi connectivity index (χ0n) is 32.6. The number of piperazine rings is 1. The van der Waals surface area contributed by atoms with Crippen LogP contribution in [0.2, 0.25) is 5.02 Å². The molecular formula is C41H43ClN10O7. The Morgan fingerprint density at radius 1 is 0.966 bits per heavy atom. The summed E-state index contributed by atoms with van der Waals surface area (Å²) in [6.07, 6.45) is 4.84. The van der Waals surface area contributed by atoms with Crippen LogP contribution in [0, 0.1) is 5.92 Å². The van der Waals surface area contributed by atoms with Gasteiger partial charge in [-0.1, -0.05) is 11.6 Å². The molecular weight excluding hydrogens is 780 g/mol. The molecule has 4 aromatic rings. The number of benzene rings is 2. The SMILES string of the molecule is CNC(=O)COc1cc2cc(Nc3nc(N4CC5CC4CN5CC4CCN(c5ccc6c(c5)C(=O)N(C5CCC(=O)NC5=O)C6=O)CC4)ncc3Cl)ccc2n(C)c1=O. The molecule has 7 heterocycles.